The predicted molar refractivity (Wildman–Crippen MR) is 116 cm³/mol. The average Bonchev–Trinajstić information content (AvgIpc) is 3.01. The summed E-state index contributed by atoms with van der Waals surface area (Å²) >= 11 is 0. The van der Waals surface area contributed by atoms with Crippen molar-refractivity contribution < 1.29 is 4.79 Å². The first-order valence-corrected chi connectivity index (χ1v) is 10.2. The fraction of sp³-hybridized carbons (Fsp3) is 0.375. The van der Waals surface area contributed by atoms with Gasteiger partial charge in [0.25, 0.3) is 0 Å². The third kappa shape index (κ3) is 3.56. The Hall–Kier alpha value is -2.97. The van der Waals surface area contributed by atoms with Crippen LogP contribution >= 0.6 is 0 Å². The molecule has 1 aliphatic heterocycles. The summed E-state index contributed by atoms with van der Waals surface area (Å²) in [6.45, 7) is 14.8. The van der Waals surface area contributed by atoms with E-state index in [1.54, 1.807) is 0 Å². The monoisotopic (exact) mass is 386 g/mol. The Morgan fingerprint density at radius 3 is 2.69 bits per heavy atom. The molecule has 0 radical (unpaired) electrons. The number of fused-ring (bicyclic) bond motifs is 1. The Balaban J connectivity index is 1.81. The van der Waals surface area contributed by atoms with Crippen LogP contribution in [0, 0.1) is 20.4 Å². The number of benzene rings is 1. The maximum Gasteiger partial charge on any atom is 0.187 e. The van der Waals surface area contributed by atoms with E-state index < -0.39 is 0 Å². The molecule has 29 heavy (non-hydrogen) atoms. The second-order valence-electron chi connectivity index (χ2n) is 8.04. The molecule has 4 rings (SSSR count). The molecule has 0 spiro atoms. The second kappa shape index (κ2) is 7.81. The summed E-state index contributed by atoms with van der Waals surface area (Å²) in [7, 11) is 0. The maximum absolute atomic E-state index is 13.4. The Bertz CT molecular complexity index is 1100. The van der Waals surface area contributed by atoms with E-state index in [1.165, 1.54) is 6.42 Å². The molecule has 1 fully saturated rings. The molecule has 1 aromatic carbocycles. The highest BCUT2D eigenvalue weighted by Crippen LogP contribution is 2.30. The Kier molecular flexibility index (Phi) is 5.21. The van der Waals surface area contributed by atoms with Gasteiger partial charge in [-0.1, -0.05) is 18.6 Å². The third-order valence-corrected chi connectivity index (χ3v) is 5.98. The van der Waals surface area contributed by atoms with Crippen molar-refractivity contribution in [3.63, 3.8) is 0 Å². The number of nitrogens with zero attached hydrogens (tertiary/aromatic N) is 4. The lowest BCUT2D eigenvalue weighted by Gasteiger charge is -2.32. The first-order valence-electron chi connectivity index (χ1n) is 10.2. The molecule has 5 heteroatoms. The lowest BCUT2D eigenvalue weighted by molar-refractivity contribution is 0.0861. The second-order valence-corrected chi connectivity index (χ2v) is 8.04. The molecular formula is C24H26N4O. The largest absolute Gasteiger partial charge is 0.312 e. The van der Waals surface area contributed by atoms with Crippen LogP contribution in [0.5, 0.6) is 0 Å². The summed E-state index contributed by atoms with van der Waals surface area (Å²) < 4.78 is 2.09. The van der Waals surface area contributed by atoms with Crippen LogP contribution in [0.2, 0.25) is 0 Å². The fourth-order valence-corrected chi connectivity index (χ4v) is 4.38. The number of Topliss-reactive ketones (excluding diaryl/α,β-unsaturated/α-hetero) is 1. The molecule has 0 aliphatic carbocycles. The fourth-order valence-electron chi connectivity index (χ4n) is 4.38. The summed E-state index contributed by atoms with van der Waals surface area (Å²) in [4.78, 5) is 23.8. The van der Waals surface area contributed by atoms with Gasteiger partial charge in [-0.25, -0.2) is 4.85 Å². The van der Waals surface area contributed by atoms with Crippen LogP contribution < -0.4 is 0 Å². The van der Waals surface area contributed by atoms with Crippen molar-refractivity contribution in [3.8, 4) is 5.69 Å². The molecule has 148 valence electrons. The first kappa shape index (κ1) is 19.4. The van der Waals surface area contributed by atoms with E-state index in [4.69, 9.17) is 6.57 Å². The molecule has 0 bridgehead atoms. The number of rotatable bonds is 4. The molecular weight excluding hydrogens is 360 g/mol. The zero-order valence-electron chi connectivity index (χ0n) is 17.3. The van der Waals surface area contributed by atoms with Gasteiger partial charge in [0.1, 0.15) is 0 Å². The molecule has 5 nitrogen and oxygen atoms in total. The van der Waals surface area contributed by atoms with Crippen LogP contribution in [0.4, 0.5) is 5.69 Å². The highest BCUT2D eigenvalue weighted by molar-refractivity contribution is 6.09. The van der Waals surface area contributed by atoms with Gasteiger partial charge in [0.15, 0.2) is 11.5 Å². The standard InChI is InChI=1S/C24H26N4O/c1-16-13-21-24(26-14-16)23(22(29)15-27-12-6-5-7-17(27)2)18(3)28(21)20-10-8-19(25-4)9-11-20/h8-11,13-14,17H,5-7,12,15H2,1-3H3/t17-/m0/s1. The van der Waals surface area contributed by atoms with Crippen LogP contribution in [0.3, 0.4) is 0 Å². The molecule has 0 N–H and O–H groups in total. The molecule has 0 saturated carbocycles. The molecule has 3 aromatic rings. The van der Waals surface area contributed by atoms with Gasteiger partial charge in [-0.3, -0.25) is 14.7 Å². The van der Waals surface area contributed by atoms with Gasteiger partial charge in [-0.15, -0.1) is 0 Å². The first-order chi connectivity index (χ1) is 14.0. The number of aromatic nitrogens is 2. The van der Waals surface area contributed by atoms with Crippen molar-refractivity contribution in [3.05, 3.63) is 64.8 Å². The zero-order valence-corrected chi connectivity index (χ0v) is 17.3. The minimum absolute atomic E-state index is 0.133. The number of likely N-dealkylation sites (tertiary alicyclic amines) is 1. The van der Waals surface area contributed by atoms with E-state index in [1.807, 2.05) is 44.3 Å². The van der Waals surface area contributed by atoms with Crippen molar-refractivity contribution >= 4 is 22.5 Å². The molecule has 0 amide bonds. The lowest BCUT2D eigenvalue weighted by atomic mass is 10.0. The Labute approximate surface area is 171 Å². The van der Waals surface area contributed by atoms with Crippen molar-refractivity contribution in [2.75, 3.05) is 13.1 Å². The number of hydrogen-bond acceptors (Lipinski definition) is 3. The molecule has 0 unspecified atom stereocenters. The van der Waals surface area contributed by atoms with E-state index >= 15 is 0 Å². The molecule has 3 heterocycles. The van der Waals surface area contributed by atoms with E-state index in [2.05, 4.69) is 32.3 Å². The molecule has 1 atom stereocenters. The Morgan fingerprint density at radius 2 is 2.00 bits per heavy atom. The lowest BCUT2D eigenvalue weighted by Crippen LogP contribution is -2.40. The normalized spacial score (nSPS) is 17.4. The summed E-state index contributed by atoms with van der Waals surface area (Å²) in [6.07, 6.45) is 5.38. The smallest absolute Gasteiger partial charge is 0.187 e. The van der Waals surface area contributed by atoms with Crippen molar-refractivity contribution in [2.45, 2.75) is 46.1 Å². The maximum atomic E-state index is 13.4. The van der Waals surface area contributed by atoms with Gasteiger partial charge in [-0.2, -0.15) is 0 Å². The SMILES string of the molecule is [C-]#[N+]c1ccc(-n2c(C)c(C(=O)CN3CCCC[C@@H]3C)c3ncc(C)cc32)cc1. The quantitative estimate of drug-likeness (QED) is 0.454. The van der Waals surface area contributed by atoms with Crippen molar-refractivity contribution in [1.82, 2.24) is 14.5 Å². The summed E-state index contributed by atoms with van der Waals surface area (Å²) in [5.74, 6) is 0.133. The third-order valence-electron chi connectivity index (χ3n) is 5.98. The van der Waals surface area contributed by atoms with Gasteiger partial charge in [-0.05, 0) is 63.9 Å². The van der Waals surface area contributed by atoms with Crippen LogP contribution in [0.25, 0.3) is 21.6 Å². The van der Waals surface area contributed by atoms with Crippen molar-refractivity contribution in [1.29, 1.82) is 0 Å². The van der Waals surface area contributed by atoms with E-state index in [-0.39, 0.29) is 5.78 Å². The predicted octanol–water partition coefficient (Wildman–Crippen LogP) is 5.25. The van der Waals surface area contributed by atoms with Gasteiger partial charge in [0, 0.05) is 23.6 Å². The minimum atomic E-state index is 0.133. The van der Waals surface area contributed by atoms with Crippen LogP contribution in [-0.4, -0.2) is 39.4 Å². The molecule has 2 aromatic heterocycles. The van der Waals surface area contributed by atoms with Crippen LogP contribution in [0.1, 0.15) is 47.8 Å². The van der Waals surface area contributed by atoms with E-state index in [9.17, 15) is 4.79 Å². The number of piperidine rings is 1. The number of pyridine rings is 1. The Morgan fingerprint density at radius 1 is 1.24 bits per heavy atom. The zero-order chi connectivity index (χ0) is 20.5. The summed E-state index contributed by atoms with van der Waals surface area (Å²) in [5.41, 5.74) is 5.92. The number of ketones is 1. The average molecular weight is 386 g/mol. The van der Waals surface area contributed by atoms with E-state index in [0.29, 0.717) is 23.8 Å². The number of aryl methyl sites for hydroxylation is 1. The highest BCUT2D eigenvalue weighted by Gasteiger charge is 2.26. The van der Waals surface area contributed by atoms with Crippen LogP contribution in [0.15, 0.2) is 36.5 Å². The van der Waals surface area contributed by atoms with Gasteiger partial charge in [0.05, 0.1) is 29.7 Å². The number of hydrogen-bond donors (Lipinski definition) is 0. The topological polar surface area (TPSA) is 42.5 Å². The molecule has 1 saturated heterocycles. The van der Waals surface area contributed by atoms with Crippen molar-refractivity contribution in [2.24, 2.45) is 0 Å². The highest BCUT2D eigenvalue weighted by atomic mass is 16.1. The summed E-state index contributed by atoms with van der Waals surface area (Å²) in [5, 5.41) is 0. The number of carbonyl (C=O) groups is 1. The molecule has 1 aliphatic rings. The van der Waals surface area contributed by atoms with Gasteiger partial charge in [0.2, 0.25) is 0 Å². The van der Waals surface area contributed by atoms with Gasteiger partial charge >= 0.3 is 0 Å². The van der Waals surface area contributed by atoms with Gasteiger partial charge < -0.3 is 4.57 Å². The van der Waals surface area contributed by atoms with Crippen LogP contribution in [-0.2, 0) is 0 Å². The van der Waals surface area contributed by atoms with E-state index in [0.717, 1.165) is 47.4 Å². The minimum Gasteiger partial charge on any atom is -0.312 e. The number of carbonyl (C=O) groups excluding carboxylic acids is 1. The summed E-state index contributed by atoms with van der Waals surface area (Å²) in [6, 6.07) is 10.0.